The number of benzene rings is 1. The van der Waals surface area contributed by atoms with Crippen LogP contribution in [-0.4, -0.2) is 36.0 Å². The van der Waals surface area contributed by atoms with Gasteiger partial charge in [0, 0.05) is 18.0 Å². The molecule has 1 atom stereocenters. The lowest BCUT2D eigenvalue weighted by Gasteiger charge is -2.18. The van der Waals surface area contributed by atoms with Gasteiger partial charge in [0.1, 0.15) is 0 Å². The van der Waals surface area contributed by atoms with Gasteiger partial charge in [0.2, 0.25) is 5.91 Å². The fourth-order valence-electron chi connectivity index (χ4n) is 3.12. The van der Waals surface area contributed by atoms with Crippen LogP contribution >= 0.6 is 0 Å². The lowest BCUT2D eigenvalue weighted by Crippen LogP contribution is -2.28. The molecule has 4 heteroatoms. The average Bonchev–Trinajstić information content (AvgIpc) is 3.38. The van der Waals surface area contributed by atoms with Gasteiger partial charge < -0.3 is 9.64 Å². The molecule has 1 heterocycles. The number of amides is 1. The molecule has 0 radical (unpaired) electrons. The third kappa shape index (κ3) is 6.81. The maximum Gasteiger partial charge on any atom is 0.338 e. The Hall–Kier alpha value is -1.84. The number of hydrogen-bond donors (Lipinski definition) is 0. The van der Waals surface area contributed by atoms with E-state index in [0.717, 1.165) is 25.8 Å². The van der Waals surface area contributed by atoms with Crippen molar-refractivity contribution in [2.75, 3.05) is 13.2 Å². The quantitative estimate of drug-likeness (QED) is 0.341. The molecule has 4 nitrogen and oxygen atoms in total. The molecule has 1 aromatic carbocycles. The largest absolute Gasteiger partial charge is 0.462 e. The summed E-state index contributed by atoms with van der Waals surface area (Å²) in [7, 11) is 0. The number of ether oxygens (including phenoxy) is 1. The van der Waals surface area contributed by atoms with Gasteiger partial charge in [-0.05, 0) is 25.0 Å². The molecule has 0 aliphatic carbocycles. The topological polar surface area (TPSA) is 46.4 Å². The van der Waals surface area contributed by atoms with E-state index in [-0.39, 0.29) is 17.3 Å². The van der Waals surface area contributed by atoms with E-state index in [4.69, 9.17) is 4.74 Å². The van der Waals surface area contributed by atoms with Crippen LogP contribution in [0.5, 0.6) is 0 Å². The van der Waals surface area contributed by atoms with Crippen LogP contribution in [0.2, 0.25) is 0 Å². The van der Waals surface area contributed by atoms with Crippen molar-refractivity contribution >= 4 is 11.9 Å². The zero-order chi connectivity index (χ0) is 19.0. The minimum Gasteiger partial charge on any atom is -0.462 e. The van der Waals surface area contributed by atoms with E-state index in [2.05, 4.69) is 0 Å². The zero-order valence-corrected chi connectivity index (χ0v) is 16.5. The molecule has 2 rings (SSSR count). The van der Waals surface area contributed by atoms with Crippen LogP contribution in [0.25, 0.3) is 0 Å². The lowest BCUT2D eigenvalue weighted by molar-refractivity contribution is -0.134. The number of carbonyl (C=O) groups excluding carboxylic acids is 2. The Balaban J connectivity index is 1.41. The van der Waals surface area contributed by atoms with E-state index in [1.165, 1.54) is 25.7 Å². The minimum absolute atomic E-state index is 0.232. The summed E-state index contributed by atoms with van der Waals surface area (Å²) in [5, 5.41) is 0. The summed E-state index contributed by atoms with van der Waals surface area (Å²) in [6.45, 7) is 7.41. The first-order valence-electron chi connectivity index (χ1n) is 9.93. The third-order valence-electron chi connectivity index (χ3n) is 4.79. The van der Waals surface area contributed by atoms with Crippen molar-refractivity contribution in [1.82, 2.24) is 4.90 Å². The third-order valence-corrected chi connectivity index (χ3v) is 4.79. The second kappa shape index (κ2) is 9.75. The van der Waals surface area contributed by atoms with Gasteiger partial charge in [0.15, 0.2) is 0 Å². The number of rotatable bonds is 10. The van der Waals surface area contributed by atoms with Crippen molar-refractivity contribution < 1.29 is 14.3 Å². The predicted molar refractivity (Wildman–Crippen MR) is 104 cm³/mol. The average molecular weight is 360 g/mol. The Kier molecular flexibility index (Phi) is 7.67. The van der Waals surface area contributed by atoms with Gasteiger partial charge in [-0.3, -0.25) is 4.79 Å². The van der Waals surface area contributed by atoms with Gasteiger partial charge in [0.05, 0.1) is 12.2 Å². The standard InChI is InChI=1S/C22H33NO3/c1-22(2,3)21(25)23-17-19(23)15-11-6-4-5-7-12-16-26-20(24)18-13-9-8-10-14-18/h8-10,13-14,19H,4-7,11-12,15-17H2,1-3H3. The normalized spacial score (nSPS) is 16.4. The van der Waals surface area contributed by atoms with E-state index >= 15 is 0 Å². The van der Waals surface area contributed by atoms with Crippen LogP contribution in [-0.2, 0) is 9.53 Å². The summed E-state index contributed by atoms with van der Waals surface area (Å²) in [4.78, 5) is 25.9. The van der Waals surface area contributed by atoms with Gasteiger partial charge in [-0.1, -0.05) is 71.1 Å². The molecule has 1 amide bonds. The van der Waals surface area contributed by atoms with Gasteiger partial charge in [-0.2, -0.15) is 0 Å². The molecule has 1 fully saturated rings. The Bertz CT molecular complexity index is 577. The Labute approximate surface area is 157 Å². The monoisotopic (exact) mass is 359 g/mol. The Morgan fingerprint density at radius 3 is 2.27 bits per heavy atom. The summed E-state index contributed by atoms with van der Waals surface area (Å²) in [5.41, 5.74) is 0.366. The number of unbranched alkanes of at least 4 members (excludes halogenated alkanes) is 5. The second-order valence-electron chi connectivity index (χ2n) is 8.27. The van der Waals surface area contributed by atoms with Crippen molar-refractivity contribution in [2.45, 2.75) is 71.8 Å². The van der Waals surface area contributed by atoms with Crippen molar-refractivity contribution in [3.8, 4) is 0 Å². The molecule has 0 spiro atoms. The van der Waals surface area contributed by atoms with Gasteiger partial charge in [0.25, 0.3) is 0 Å². The van der Waals surface area contributed by atoms with Crippen molar-refractivity contribution in [1.29, 1.82) is 0 Å². The van der Waals surface area contributed by atoms with Gasteiger partial charge in [-0.15, -0.1) is 0 Å². The van der Waals surface area contributed by atoms with E-state index < -0.39 is 0 Å². The zero-order valence-electron chi connectivity index (χ0n) is 16.5. The molecule has 144 valence electrons. The SMILES string of the molecule is CC(C)(C)C(=O)N1CC1CCCCCCCCOC(=O)c1ccccc1. The summed E-state index contributed by atoms with van der Waals surface area (Å²) in [5.74, 6) is 0.0527. The van der Waals surface area contributed by atoms with E-state index in [0.29, 0.717) is 18.2 Å². The molecule has 1 aliphatic rings. The Morgan fingerprint density at radius 2 is 1.62 bits per heavy atom. The highest BCUT2D eigenvalue weighted by Gasteiger charge is 2.41. The second-order valence-corrected chi connectivity index (χ2v) is 8.27. The molecule has 1 aliphatic heterocycles. The molecule has 1 saturated heterocycles. The van der Waals surface area contributed by atoms with Crippen LogP contribution in [0, 0.1) is 5.41 Å². The van der Waals surface area contributed by atoms with Crippen molar-refractivity contribution in [2.24, 2.45) is 5.41 Å². The molecule has 1 aromatic rings. The smallest absolute Gasteiger partial charge is 0.338 e. The Morgan fingerprint density at radius 1 is 1.00 bits per heavy atom. The van der Waals surface area contributed by atoms with E-state index in [1.807, 2.05) is 43.9 Å². The lowest BCUT2D eigenvalue weighted by atomic mass is 9.95. The number of esters is 1. The van der Waals surface area contributed by atoms with Crippen molar-refractivity contribution in [3.63, 3.8) is 0 Å². The molecule has 0 N–H and O–H groups in total. The molecule has 0 bridgehead atoms. The molecular formula is C22H33NO3. The summed E-state index contributed by atoms with van der Waals surface area (Å²) < 4.78 is 5.28. The first-order valence-corrected chi connectivity index (χ1v) is 9.93. The molecule has 0 aromatic heterocycles. The van der Waals surface area contributed by atoms with Gasteiger partial charge >= 0.3 is 5.97 Å². The summed E-state index contributed by atoms with van der Waals surface area (Å²) >= 11 is 0. The number of carbonyl (C=O) groups is 2. The summed E-state index contributed by atoms with van der Waals surface area (Å²) in [6, 6.07) is 9.61. The highest BCUT2D eigenvalue weighted by molar-refractivity contribution is 5.89. The van der Waals surface area contributed by atoms with Crippen LogP contribution < -0.4 is 0 Å². The maximum atomic E-state index is 12.1. The first kappa shape index (κ1) is 20.5. The highest BCUT2D eigenvalue weighted by Crippen LogP contribution is 2.30. The van der Waals surface area contributed by atoms with Crippen molar-refractivity contribution in [3.05, 3.63) is 35.9 Å². The van der Waals surface area contributed by atoms with Crippen LogP contribution in [0.1, 0.15) is 76.1 Å². The molecule has 1 unspecified atom stereocenters. The minimum atomic E-state index is -0.251. The fraction of sp³-hybridized carbons (Fsp3) is 0.636. The van der Waals surface area contributed by atoms with E-state index in [1.54, 1.807) is 12.1 Å². The number of hydrogen-bond acceptors (Lipinski definition) is 3. The number of nitrogens with zero attached hydrogens (tertiary/aromatic N) is 1. The predicted octanol–water partition coefficient (Wildman–Crippen LogP) is 4.83. The molecular weight excluding hydrogens is 326 g/mol. The van der Waals surface area contributed by atoms with Crippen LogP contribution in [0.15, 0.2) is 30.3 Å². The van der Waals surface area contributed by atoms with Crippen LogP contribution in [0.4, 0.5) is 0 Å². The van der Waals surface area contributed by atoms with E-state index in [9.17, 15) is 9.59 Å². The molecule has 0 saturated carbocycles. The molecule has 26 heavy (non-hydrogen) atoms. The maximum absolute atomic E-state index is 12.1. The van der Waals surface area contributed by atoms with Crippen LogP contribution in [0.3, 0.4) is 0 Å². The highest BCUT2D eigenvalue weighted by atomic mass is 16.5. The first-order chi connectivity index (χ1) is 12.4. The fourth-order valence-corrected chi connectivity index (χ4v) is 3.12. The summed E-state index contributed by atoms with van der Waals surface area (Å²) in [6.07, 6.45) is 7.97. The van der Waals surface area contributed by atoms with Gasteiger partial charge in [-0.25, -0.2) is 4.79 Å².